The molecular weight excluding hydrogens is 218 g/mol. The zero-order valence-electron chi connectivity index (χ0n) is 10.4. The molecule has 1 heterocycles. The van der Waals surface area contributed by atoms with E-state index in [2.05, 4.69) is 5.32 Å². The van der Waals surface area contributed by atoms with Crippen molar-refractivity contribution >= 4 is 0 Å². The van der Waals surface area contributed by atoms with Crippen molar-refractivity contribution in [3.05, 3.63) is 23.8 Å². The molecule has 0 aromatic heterocycles. The van der Waals surface area contributed by atoms with Gasteiger partial charge in [0.05, 0.1) is 33.0 Å². The molecule has 1 fully saturated rings. The van der Waals surface area contributed by atoms with Crippen LogP contribution in [0.15, 0.2) is 18.2 Å². The van der Waals surface area contributed by atoms with E-state index in [1.54, 1.807) is 7.11 Å². The van der Waals surface area contributed by atoms with Crippen LogP contribution in [0.2, 0.25) is 0 Å². The number of methoxy groups -OCH3 is 1. The molecule has 0 aliphatic carbocycles. The first-order chi connectivity index (χ1) is 8.35. The minimum atomic E-state index is 0.244. The van der Waals surface area contributed by atoms with E-state index in [0.29, 0.717) is 13.2 Å². The van der Waals surface area contributed by atoms with Gasteiger partial charge in [-0.3, -0.25) is 0 Å². The molecule has 1 aliphatic rings. The highest BCUT2D eigenvalue weighted by atomic mass is 16.5. The highest BCUT2D eigenvalue weighted by molar-refractivity contribution is 5.44. The Kier molecular flexibility index (Phi) is 4.23. The Morgan fingerprint density at radius 2 is 2.29 bits per heavy atom. The molecule has 17 heavy (non-hydrogen) atoms. The Bertz CT molecular complexity index is 362. The highest BCUT2D eigenvalue weighted by Gasteiger charge is 2.17. The molecule has 0 bridgehead atoms. The molecular formula is C13H19NO3. The lowest BCUT2D eigenvalue weighted by molar-refractivity contribution is 0.0768. The molecule has 0 spiro atoms. The smallest absolute Gasteiger partial charge is 0.161 e. The quantitative estimate of drug-likeness (QED) is 0.866. The molecule has 4 nitrogen and oxygen atoms in total. The van der Waals surface area contributed by atoms with E-state index in [1.807, 2.05) is 25.1 Å². The van der Waals surface area contributed by atoms with E-state index in [1.165, 1.54) is 5.56 Å². The van der Waals surface area contributed by atoms with Crippen LogP contribution in [0.3, 0.4) is 0 Å². The summed E-state index contributed by atoms with van der Waals surface area (Å²) in [6.07, 6.45) is 0. The van der Waals surface area contributed by atoms with Crippen LogP contribution in [0.1, 0.15) is 18.5 Å². The summed E-state index contributed by atoms with van der Waals surface area (Å²) >= 11 is 0. The van der Waals surface area contributed by atoms with E-state index in [-0.39, 0.29) is 6.04 Å². The number of benzene rings is 1. The Morgan fingerprint density at radius 3 is 2.94 bits per heavy atom. The predicted molar refractivity (Wildman–Crippen MR) is 65.7 cm³/mol. The van der Waals surface area contributed by atoms with Crippen LogP contribution < -0.4 is 14.8 Å². The van der Waals surface area contributed by atoms with Crippen molar-refractivity contribution in [1.29, 1.82) is 0 Å². The Hall–Kier alpha value is -1.26. The van der Waals surface area contributed by atoms with Crippen molar-refractivity contribution in [3.8, 4) is 11.5 Å². The predicted octanol–water partition coefficient (Wildman–Crippen LogP) is 1.75. The lowest BCUT2D eigenvalue weighted by atomic mass is 10.1. The van der Waals surface area contributed by atoms with E-state index >= 15 is 0 Å². The summed E-state index contributed by atoms with van der Waals surface area (Å²) in [7, 11) is 1.65. The van der Waals surface area contributed by atoms with Crippen molar-refractivity contribution in [3.63, 3.8) is 0 Å². The molecule has 2 rings (SSSR count). The van der Waals surface area contributed by atoms with E-state index in [0.717, 1.165) is 24.7 Å². The van der Waals surface area contributed by atoms with Gasteiger partial charge in [0.15, 0.2) is 11.5 Å². The average Bonchev–Trinajstić information content (AvgIpc) is 2.40. The van der Waals surface area contributed by atoms with Crippen molar-refractivity contribution in [1.82, 2.24) is 5.32 Å². The van der Waals surface area contributed by atoms with Gasteiger partial charge in [0, 0.05) is 6.54 Å². The summed E-state index contributed by atoms with van der Waals surface area (Å²) in [4.78, 5) is 0. The Balaban J connectivity index is 2.19. The second-order valence-corrected chi connectivity index (χ2v) is 3.92. The summed E-state index contributed by atoms with van der Waals surface area (Å²) < 4.78 is 16.3. The van der Waals surface area contributed by atoms with E-state index in [9.17, 15) is 0 Å². The second-order valence-electron chi connectivity index (χ2n) is 3.92. The van der Waals surface area contributed by atoms with Crippen molar-refractivity contribution in [2.75, 3.05) is 33.5 Å². The summed E-state index contributed by atoms with van der Waals surface area (Å²) in [5.74, 6) is 1.56. The SMILES string of the molecule is CCOc1cc([C@@H]2COCCN2)ccc1OC. The van der Waals surface area contributed by atoms with Crippen LogP contribution in [0.4, 0.5) is 0 Å². The largest absolute Gasteiger partial charge is 0.493 e. The first kappa shape index (κ1) is 12.2. The maximum atomic E-state index is 5.57. The maximum absolute atomic E-state index is 5.57. The second kappa shape index (κ2) is 5.89. The molecule has 0 amide bonds. The van der Waals surface area contributed by atoms with Gasteiger partial charge in [0.25, 0.3) is 0 Å². The van der Waals surface area contributed by atoms with E-state index in [4.69, 9.17) is 14.2 Å². The fourth-order valence-corrected chi connectivity index (χ4v) is 1.96. The third-order valence-electron chi connectivity index (χ3n) is 2.81. The van der Waals surface area contributed by atoms with Gasteiger partial charge < -0.3 is 19.5 Å². The molecule has 0 unspecified atom stereocenters. The average molecular weight is 237 g/mol. The molecule has 1 aliphatic heterocycles. The number of nitrogens with one attached hydrogen (secondary N) is 1. The van der Waals surface area contributed by atoms with Gasteiger partial charge in [0.2, 0.25) is 0 Å². The van der Waals surface area contributed by atoms with Crippen LogP contribution >= 0.6 is 0 Å². The Morgan fingerprint density at radius 1 is 1.41 bits per heavy atom. The van der Waals surface area contributed by atoms with Crippen LogP contribution in [-0.4, -0.2) is 33.5 Å². The summed E-state index contributed by atoms with van der Waals surface area (Å²) in [5, 5.41) is 3.42. The standard InChI is InChI=1S/C13H19NO3/c1-3-17-13-8-10(4-5-12(13)15-2)11-9-16-7-6-14-11/h4-5,8,11,14H,3,6-7,9H2,1-2H3/t11-/m0/s1. The fraction of sp³-hybridized carbons (Fsp3) is 0.538. The minimum absolute atomic E-state index is 0.244. The lowest BCUT2D eigenvalue weighted by Gasteiger charge is -2.24. The highest BCUT2D eigenvalue weighted by Crippen LogP contribution is 2.30. The van der Waals surface area contributed by atoms with Crippen LogP contribution in [-0.2, 0) is 4.74 Å². The topological polar surface area (TPSA) is 39.7 Å². The molecule has 4 heteroatoms. The van der Waals surface area contributed by atoms with Crippen molar-refractivity contribution in [2.45, 2.75) is 13.0 Å². The molecule has 1 atom stereocenters. The maximum Gasteiger partial charge on any atom is 0.161 e. The van der Waals surface area contributed by atoms with Gasteiger partial charge in [-0.2, -0.15) is 0 Å². The fourth-order valence-electron chi connectivity index (χ4n) is 1.96. The number of hydrogen-bond acceptors (Lipinski definition) is 4. The van der Waals surface area contributed by atoms with Gasteiger partial charge in [-0.1, -0.05) is 6.07 Å². The monoisotopic (exact) mass is 237 g/mol. The number of morpholine rings is 1. The third kappa shape index (κ3) is 2.90. The summed E-state index contributed by atoms with van der Waals surface area (Å²) in [6, 6.07) is 6.26. The normalized spacial score (nSPS) is 20.0. The molecule has 1 N–H and O–H groups in total. The van der Waals surface area contributed by atoms with Crippen molar-refractivity contribution < 1.29 is 14.2 Å². The zero-order valence-corrected chi connectivity index (χ0v) is 10.4. The number of hydrogen-bond donors (Lipinski definition) is 1. The number of rotatable bonds is 4. The summed E-state index contributed by atoms with van der Waals surface area (Å²) in [5.41, 5.74) is 1.17. The summed E-state index contributed by atoms with van der Waals surface area (Å²) in [6.45, 7) is 4.98. The lowest BCUT2D eigenvalue weighted by Crippen LogP contribution is -2.34. The van der Waals surface area contributed by atoms with Gasteiger partial charge in [0.1, 0.15) is 0 Å². The van der Waals surface area contributed by atoms with Crippen molar-refractivity contribution in [2.24, 2.45) is 0 Å². The molecule has 1 saturated heterocycles. The third-order valence-corrected chi connectivity index (χ3v) is 2.81. The molecule has 0 radical (unpaired) electrons. The first-order valence-corrected chi connectivity index (χ1v) is 5.97. The van der Waals surface area contributed by atoms with Gasteiger partial charge in [-0.25, -0.2) is 0 Å². The molecule has 94 valence electrons. The minimum Gasteiger partial charge on any atom is -0.493 e. The van der Waals surface area contributed by atoms with Crippen LogP contribution in [0.25, 0.3) is 0 Å². The van der Waals surface area contributed by atoms with Crippen LogP contribution in [0.5, 0.6) is 11.5 Å². The molecule has 0 saturated carbocycles. The Labute approximate surface area is 102 Å². The first-order valence-electron chi connectivity index (χ1n) is 5.97. The zero-order chi connectivity index (χ0) is 12.1. The van der Waals surface area contributed by atoms with Gasteiger partial charge in [-0.15, -0.1) is 0 Å². The number of ether oxygens (including phenoxy) is 3. The van der Waals surface area contributed by atoms with E-state index < -0.39 is 0 Å². The van der Waals surface area contributed by atoms with Gasteiger partial charge >= 0.3 is 0 Å². The molecule has 1 aromatic rings. The molecule has 1 aromatic carbocycles. The van der Waals surface area contributed by atoms with Crippen LogP contribution in [0, 0.1) is 0 Å². The van der Waals surface area contributed by atoms with Gasteiger partial charge in [-0.05, 0) is 24.6 Å².